The number of methoxy groups -OCH3 is 1. The van der Waals surface area contributed by atoms with Gasteiger partial charge in [-0.1, -0.05) is 24.1 Å². The molecule has 0 aliphatic carbocycles. The molecule has 0 saturated heterocycles. The van der Waals surface area contributed by atoms with Gasteiger partial charge < -0.3 is 20.1 Å². The number of alkyl halides is 3. The Balaban J connectivity index is 1.90. The molecule has 0 spiro atoms. The Morgan fingerprint density at radius 3 is 2.36 bits per heavy atom. The first-order valence-electron chi connectivity index (χ1n) is 8.24. The molecule has 2 amide bonds. The molecule has 0 radical (unpaired) electrons. The highest BCUT2D eigenvalue weighted by Crippen LogP contribution is 2.29. The number of benzene rings is 2. The van der Waals surface area contributed by atoms with Crippen molar-refractivity contribution in [3.05, 3.63) is 59.2 Å². The van der Waals surface area contributed by atoms with Crippen LogP contribution in [0.4, 0.5) is 18.0 Å². The normalized spacial score (nSPS) is 10.7. The van der Waals surface area contributed by atoms with Gasteiger partial charge in [-0.25, -0.2) is 4.79 Å². The summed E-state index contributed by atoms with van der Waals surface area (Å²) in [6.45, 7) is 0.227. The quantitative estimate of drug-likeness (QED) is 0.706. The van der Waals surface area contributed by atoms with Crippen molar-refractivity contribution in [1.29, 1.82) is 0 Å². The van der Waals surface area contributed by atoms with Crippen molar-refractivity contribution in [3.63, 3.8) is 0 Å². The third-order valence-corrected chi connectivity index (χ3v) is 3.70. The van der Waals surface area contributed by atoms with Gasteiger partial charge >= 0.3 is 12.2 Å². The van der Waals surface area contributed by atoms with E-state index < -0.39 is 17.8 Å². The van der Waals surface area contributed by atoms with Gasteiger partial charge in [-0.05, 0) is 35.4 Å². The second kappa shape index (κ2) is 9.55. The van der Waals surface area contributed by atoms with Crippen LogP contribution in [0.25, 0.3) is 0 Å². The first-order chi connectivity index (χ1) is 13.3. The zero-order valence-electron chi connectivity index (χ0n) is 15.1. The lowest BCUT2D eigenvalue weighted by molar-refractivity contribution is -0.137. The van der Waals surface area contributed by atoms with E-state index in [1.165, 1.54) is 19.2 Å². The minimum Gasteiger partial charge on any atom is -0.493 e. The van der Waals surface area contributed by atoms with Gasteiger partial charge in [-0.2, -0.15) is 13.2 Å². The van der Waals surface area contributed by atoms with Crippen LogP contribution >= 0.6 is 0 Å². The molecule has 0 unspecified atom stereocenters. The molecule has 0 aliphatic heterocycles. The number of ether oxygens (including phenoxy) is 2. The Hall–Kier alpha value is -3.34. The molecule has 0 fully saturated rings. The molecule has 0 atom stereocenters. The Morgan fingerprint density at radius 1 is 1.07 bits per heavy atom. The molecule has 0 saturated carbocycles. The van der Waals surface area contributed by atoms with E-state index in [1.807, 2.05) is 0 Å². The van der Waals surface area contributed by atoms with E-state index in [1.54, 1.807) is 18.2 Å². The molecule has 148 valence electrons. The third kappa shape index (κ3) is 6.13. The van der Waals surface area contributed by atoms with Crippen LogP contribution in [0.2, 0.25) is 0 Å². The van der Waals surface area contributed by atoms with Gasteiger partial charge in [0.15, 0.2) is 11.5 Å². The molecule has 2 N–H and O–H groups in total. The Labute approximate surface area is 160 Å². The second-order valence-electron chi connectivity index (χ2n) is 5.71. The van der Waals surface area contributed by atoms with Gasteiger partial charge in [0.05, 0.1) is 12.7 Å². The average Bonchev–Trinajstić information content (AvgIpc) is 2.68. The summed E-state index contributed by atoms with van der Waals surface area (Å²) in [6.07, 6.45) is 0.750. The van der Waals surface area contributed by atoms with Gasteiger partial charge in [-0.15, -0.1) is 6.42 Å². The maximum absolute atomic E-state index is 12.7. The first-order valence-corrected chi connectivity index (χ1v) is 8.24. The molecule has 2 rings (SSSR count). The smallest absolute Gasteiger partial charge is 0.416 e. The van der Waals surface area contributed by atoms with Crippen LogP contribution in [0, 0.1) is 12.3 Å². The van der Waals surface area contributed by atoms with Crippen LogP contribution in [0.15, 0.2) is 42.5 Å². The summed E-state index contributed by atoms with van der Waals surface area (Å²) in [5.41, 5.74) is 0.325. The number of hydrogen-bond acceptors (Lipinski definition) is 3. The fourth-order valence-corrected chi connectivity index (χ4v) is 2.35. The van der Waals surface area contributed by atoms with Crippen molar-refractivity contribution in [2.24, 2.45) is 0 Å². The largest absolute Gasteiger partial charge is 0.493 e. The van der Waals surface area contributed by atoms with E-state index >= 15 is 0 Å². The maximum Gasteiger partial charge on any atom is 0.416 e. The zero-order chi connectivity index (χ0) is 20.6. The highest BCUT2D eigenvalue weighted by atomic mass is 19.4. The van der Waals surface area contributed by atoms with Gasteiger partial charge in [0, 0.05) is 13.1 Å². The molecule has 5 nitrogen and oxygen atoms in total. The zero-order valence-corrected chi connectivity index (χ0v) is 15.1. The predicted octanol–water partition coefficient (Wildman–Crippen LogP) is 3.73. The highest BCUT2D eigenvalue weighted by Gasteiger charge is 2.30. The molecule has 2 aromatic rings. The summed E-state index contributed by atoms with van der Waals surface area (Å²) in [5.74, 6) is 3.31. The number of rotatable bonds is 7. The van der Waals surface area contributed by atoms with E-state index in [0.717, 1.165) is 17.7 Å². The summed E-state index contributed by atoms with van der Waals surface area (Å²) < 4.78 is 48.7. The molecule has 0 aliphatic rings. The number of hydrogen-bond donors (Lipinski definition) is 2. The van der Waals surface area contributed by atoms with Crippen LogP contribution in [-0.2, 0) is 19.3 Å². The minimum atomic E-state index is -4.42. The molecular weight excluding hydrogens is 373 g/mol. The lowest BCUT2D eigenvalue weighted by Crippen LogP contribution is -2.34. The van der Waals surface area contributed by atoms with E-state index in [4.69, 9.17) is 15.9 Å². The fraction of sp³-hybridized carbons (Fsp3) is 0.250. The summed E-state index contributed by atoms with van der Waals surface area (Å²) in [6, 6.07) is 9.38. The molecular formula is C20H19F3N2O3. The molecule has 0 heterocycles. The van der Waals surface area contributed by atoms with Gasteiger partial charge in [0.25, 0.3) is 0 Å². The Kier molecular flexibility index (Phi) is 7.15. The monoisotopic (exact) mass is 392 g/mol. The first kappa shape index (κ1) is 21.0. The van der Waals surface area contributed by atoms with Gasteiger partial charge in [0.1, 0.15) is 6.61 Å². The summed E-state index contributed by atoms with van der Waals surface area (Å²) >= 11 is 0. The van der Waals surface area contributed by atoms with E-state index in [2.05, 4.69) is 16.6 Å². The molecule has 8 heteroatoms. The molecule has 2 aromatic carbocycles. The van der Waals surface area contributed by atoms with Crippen molar-refractivity contribution in [2.45, 2.75) is 19.3 Å². The third-order valence-electron chi connectivity index (χ3n) is 3.70. The van der Waals surface area contributed by atoms with Crippen molar-refractivity contribution < 1.29 is 27.4 Å². The number of urea groups is 1. The van der Waals surface area contributed by atoms with Crippen LogP contribution in [0.3, 0.4) is 0 Å². The fourth-order valence-electron chi connectivity index (χ4n) is 2.35. The molecule has 28 heavy (non-hydrogen) atoms. The Bertz CT molecular complexity index is 861. The predicted molar refractivity (Wildman–Crippen MR) is 97.8 cm³/mol. The van der Waals surface area contributed by atoms with Gasteiger partial charge in [0.2, 0.25) is 0 Å². The summed E-state index contributed by atoms with van der Waals surface area (Å²) in [5, 5.41) is 5.15. The molecule has 0 bridgehead atoms. The van der Waals surface area contributed by atoms with E-state index in [-0.39, 0.29) is 19.7 Å². The summed E-state index contributed by atoms with van der Waals surface area (Å²) in [4.78, 5) is 11.9. The van der Waals surface area contributed by atoms with Crippen LogP contribution < -0.4 is 20.1 Å². The number of terminal acetylenes is 1. The lowest BCUT2D eigenvalue weighted by Gasteiger charge is -2.12. The standard InChI is InChI=1S/C20H19F3N2O3/c1-3-9-28-18-11-15(7-8-17(18)27-2)13-25-19(26)24-12-14-5-4-6-16(10-14)20(21,22)23/h1,4-8,10-11H,9,12-13H2,2H3,(H2,24,25,26). The van der Waals surface area contributed by atoms with Crippen molar-refractivity contribution in [3.8, 4) is 23.8 Å². The van der Waals surface area contributed by atoms with Crippen molar-refractivity contribution >= 4 is 6.03 Å². The van der Waals surface area contributed by atoms with Crippen LogP contribution in [0.1, 0.15) is 16.7 Å². The topological polar surface area (TPSA) is 59.6 Å². The average molecular weight is 392 g/mol. The second-order valence-corrected chi connectivity index (χ2v) is 5.71. The number of carbonyl (C=O) groups excluding carboxylic acids is 1. The Morgan fingerprint density at radius 2 is 1.75 bits per heavy atom. The number of amides is 2. The summed E-state index contributed by atoms with van der Waals surface area (Å²) in [7, 11) is 1.50. The van der Waals surface area contributed by atoms with E-state index in [0.29, 0.717) is 17.1 Å². The number of halogens is 3. The minimum absolute atomic E-state index is 0.0328. The number of nitrogens with one attached hydrogen (secondary N) is 2. The van der Waals surface area contributed by atoms with Gasteiger partial charge in [-0.3, -0.25) is 0 Å². The van der Waals surface area contributed by atoms with Crippen LogP contribution in [0.5, 0.6) is 11.5 Å². The van der Waals surface area contributed by atoms with Crippen molar-refractivity contribution in [1.82, 2.24) is 10.6 Å². The maximum atomic E-state index is 12.7. The lowest BCUT2D eigenvalue weighted by atomic mass is 10.1. The SMILES string of the molecule is C#CCOc1cc(CNC(=O)NCc2cccc(C(F)(F)F)c2)ccc1OC. The number of carbonyl (C=O) groups is 1. The van der Waals surface area contributed by atoms with E-state index in [9.17, 15) is 18.0 Å². The van der Waals surface area contributed by atoms with Crippen molar-refractivity contribution in [2.75, 3.05) is 13.7 Å². The van der Waals surface area contributed by atoms with Crippen LogP contribution in [-0.4, -0.2) is 19.7 Å². The highest BCUT2D eigenvalue weighted by molar-refractivity contribution is 5.73. The molecule has 0 aromatic heterocycles.